The summed E-state index contributed by atoms with van der Waals surface area (Å²) in [4.78, 5) is 14.1. The minimum absolute atomic E-state index is 0.00574. The number of fused-ring (bicyclic) bond motifs is 1. The molecule has 1 aromatic heterocycles. The number of carbonyl (C=O) groups excluding carboxylic acids is 1. The third-order valence-corrected chi connectivity index (χ3v) is 4.83. The van der Waals surface area contributed by atoms with Gasteiger partial charge in [-0.25, -0.2) is 0 Å². The summed E-state index contributed by atoms with van der Waals surface area (Å²) < 4.78 is 5.39. The monoisotopic (exact) mass is 297 g/mol. The standard InChI is InChI=1S/C15H23NO3S/c1-15(2,10-17)5-3-6-16-14(18)13-8-11-9-19-7-4-12(11)20-13/h8,17H,3-7,9-10H2,1-2H3,(H,16,18). The molecule has 0 bridgehead atoms. The van der Waals surface area contributed by atoms with Gasteiger partial charge in [0, 0.05) is 24.4 Å². The normalized spacial score (nSPS) is 14.9. The van der Waals surface area contributed by atoms with Gasteiger partial charge in [-0.3, -0.25) is 4.79 Å². The van der Waals surface area contributed by atoms with Crippen LogP contribution in [-0.2, 0) is 17.8 Å². The van der Waals surface area contributed by atoms with Crippen molar-refractivity contribution in [3.63, 3.8) is 0 Å². The summed E-state index contributed by atoms with van der Waals surface area (Å²) in [6, 6.07) is 1.95. The van der Waals surface area contributed by atoms with Crippen LogP contribution >= 0.6 is 11.3 Å². The number of aliphatic hydroxyl groups is 1. The van der Waals surface area contributed by atoms with Gasteiger partial charge in [-0.15, -0.1) is 11.3 Å². The van der Waals surface area contributed by atoms with Crippen LogP contribution in [0.2, 0.25) is 0 Å². The Morgan fingerprint density at radius 1 is 1.55 bits per heavy atom. The predicted molar refractivity (Wildman–Crippen MR) is 80.1 cm³/mol. The predicted octanol–water partition coefficient (Wildman–Crippen LogP) is 2.35. The molecule has 0 radical (unpaired) electrons. The summed E-state index contributed by atoms with van der Waals surface area (Å²) in [6.45, 7) is 6.28. The Labute approximate surface area is 124 Å². The minimum atomic E-state index is -0.0654. The lowest BCUT2D eigenvalue weighted by Crippen LogP contribution is -2.25. The van der Waals surface area contributed by atoms with Crippen LogP contribution in [0.25, 0.3) is 0 Å². The molecule has 0 saturated carbocycles. The number of carbonyl (C=O) groups is 1. The van der Waals surface area contributed by atoms with Gasteiger partial charge in [-0.2, -0.15) is 0 Å². The zero-order valence-corrected chi connectivity index (χ0v) is 13.0. The third kappa shape index (κ3) is 4.04. The second kappa shape index (κ2) is 6.70. The number of amides is 1. The molecule has 2 rings (SSSR count). The zero-order valence-electron chi connectivity index (χ0n) is 12.2. The summed E-state index contributed by atoms with van der Waals surface area (Å²) in [5.41, 5.74) is 1.09. The van der Waals surface area contributed by atoms with Crippen molar-refractivity contribution in [1.29, 1.82) is 0 Å². The summed E-state index contributed by atoms with van der Waals surface area (Å²) >= 11 is 1.58. The number of hydrogen-bond acceptors (Lipinski definition) is 4. The summed E-state index contributed by atoms with van der Waals surface area (Å²) in [5, 5.41) is 12.1. The topological polar surface area (TPSA) is 58.6 Å². The van der Waals surface area contributed by atoms with E-state index in [1.54, 1.807) is 11.3 Å². The van der Waals surface area contributed by atoms with E-state index >= 15 is 0 Å². The lowest BCUT2D eigenvalue weighted by atomic mass is 9.89. The molecule has 0 fully saturated rings. The number of thiophene rings is 1. The van der Waals surface area contributed by atoms with Crippen LogP contribution < -0.4 is 5.32 Å². The van der Waals surface area contributed by atoms with Gasteiger partial charge in [0.25, 0.3) is 5.91 Å². The van der Waals surface area contributed by atoms with Crippen molar-refractivity contribution < 1.29 is 14.6 Å². The first-order chi connectivity index (χ1) is 9.52. The molecule has 0 aliphatic carbocycles. The smallest absolute Gasteiger partial charge is 0.261 e. The van der Waals surface area contributed by atoms with E-state index in [-0.39, 0.29) is 17.9 Å². The average Bonchev–Trinajstić information content (AvgIpc) is 2.87. The fourth-order valence-electron chi connectivity index (χ4n) is 2.19. The highest BCUT2D eigenvalue weighted by Gasteiger charge is 2.18. The van der Waals surface area contributed by atoms with E-state index < -0.39 is 0 Å². The molecule has 0 unspecified atom stereocenters. The highest BCUT2D eigenvalue weighted by Crippen LogP contribution is 2.27. The van der Waals surface area contributed by atoms with Crippen LogP contribution in [0.15, 0.2) is 6.07 Å². The number of ether oxygens (including phenoxy) is 1. The molecule has 2 heterocycles. The number of nitrogens with one attached hydrogen (secondary N) is 1. The Bertz CT molecular complexity index is 444. The van der Waals surface area contributed by atoms with Crippen LogP contribution in [-0.4, -0.2) is 30.8 Å². The van der Waals surface area contributed by atoms with Gasteiger partial charge in [0.15, 0.2) is 0 Å². The van der Waals surface area contributed by atoms with Gasteiger partial charge in [0.1, 0.15) is 0 Å². The Balaban J connectivity index is 1.79. The van der Waals surface area contributed by atoms with Crippen LogP contribution in [0.1, 0.15) is 46.8 Å². The van der Waals surface area contributed by atoms with Crippen molar-refractivity contribution in [3.8, 4) is 0 Å². The molecule has 0 saturated heterocycles. The molecule has 0 spiro atoms. The quantitative estimate of drug-likeness (QED) is 0.792. The first kappa shape index (κ1) is 15.5. The minimum Gasteiger partial charge on any atom is -0.396 e. The Hall–Kier alpha value is -0.910. The van der Waals surface area contributed by atoms with Crippen LogP contribution in [0, 0.1) is 5.41 Å². The van der Waals surface area contributed by atoms with Gasteiger partial charge in [0.05, 0.1) is 18.1 Å². The van der Waals surface area contributed by atoms with Crippen molar-refractivity contribution >= 4 is 17.2 Å². The van der Waals surface area contributed by atoms with E-state index in [0.717, 1.165) is 36.3 Å². The van der Waals surface area contributed by atoms with Crippen molar-refractivity contribution in [2.75, 3.05) is 19.8 Å². The van der Waals surface area contributed by atoms with Gasteiger partial charge >= 0.3 is 0 Å². The van der Waals surface area contributed by atoms with Crippen LogP contribution in [0.5, 0.6) is 0 Å². The van der Waals surface area contributed by atoms with Crippen LogP contribution in [0.3, 0.4) is 0 Å². The van der Waals surface area contributed by atoms with Crippen molar-refractivity contribution in [1.82, 2.24) is 5.32 Å². The maximum atomic E-state index is 12.1. The van der Waals surface area contributed by atoms with Crippen molar-refractivity contribution in [2.24, 2.45) is 5.41 Å². The first-order valence-corrected chi connectivity index (χ1v) is 7.92. The van der Waals surface area contributed by atoms with Crippen molar-refractivity contribution in [2.45, 2.75) is 39.7 Å². The lowest BCUT2D eigenvalue weighted by Gasteiger charge is -2.21. The van der Waals surface area contributed by atoms with E-state index in [0.29, 0.717) is 13.2 Å². The molecule has 112 valence electrons. The van der Waals surface area contributed by atoms with E-state index in [2.05, 4.69) is 5.32 Å². The Morgan fingerprint density at radius 2 is 2.35 bits per heavy atom. The molecule has 1 aromatic rings. The maximum Gasteiger partial charge on any atom is 0.261 e. The molecule has 1 aliphatic heterocycles. The van der Waals surface area contributed by atoms with Gasteiger partial charge < -0.3 is 15.2 Å². The summed E-state index contributed by atoms with van der Waals surface area (Å²) in [7, 11) is 0. The average molecular weight is 297 g/mol. The van der Waals surface area contributed by atoms with Gasteiger partial charge in [-0.05, 0) is 29.9 Å². The van der Waals surface area contributed by atoms with E-state index in [4.69, 9.17) is 4.74 Å². The highest BCUT2D eigenvalue weighted by atomic mass is 32.1. The number of aliphatic hydroxyl groups excluding tert-OH is 1. The van der Waals surface area contributed by atoms with Gasteiger partial charge in [0.2, 0.25) is 0 Å². The number of rotatable bonds is 6. The van der Waals surface area contributed by atoms with Crippen LogP contribution in [0.4, 0.5) is 0 Å². The Morgan fingerprint density at radius 3 is 3.05 bits per heavy atom. The second-order valence-electron chi connectivity index (χ2n) is 6.04. The Kier molecular flexibility index (Phi) is 5.18. The molecule has 20 heavy (non-hydrogen) atoms. The fourth-order valence-corrected chi connectivity index (χ4v) is 3.26. The molecule has 2 N–H and O–H groups in total. The molecule has 1 amide bonds. The third-order valence-electron chi connectivity index (χ3n) is 3.60. The zero-order chi connectivity index (χ0) is 14.6. The van der Waals surface area contributed by atoms with E-state index in [1.807, 2.05) is 19.9 Å². The second-order valence-corrected chi connectivity index (χ2v) is 7.18. The lowest BCUT2D eigenvalue weighted by molar-refractivity contribution is 0.0952. The SMILES string of the molecule is CC(C)(CO)CCCNC(=O)c1cc2c(s1)CCOC2. The molecule has 1 aliphatic rings. The largest absolute Gasteiger partial charge is 0.396 e. The summed E-state index contributed by atoms with van der Waals surface area (Å²) in [6.07, 6.45) is 2.70. The van der Waals surface area contributed by atoms with Gasteiger partial charge in [-0.1, -0.05) is 13.8 Å². The molecule has 0 atom stereocenters. The maximum absolute atomic E-state index is 12.1. The molecular formula is C15H23NO3S. The molecule has 0 aromatic carbocycles. The summed E-state index contributed by atoms with van der Waals surface area (Å²) in [5.74, 6) is 0.00574. The van der Waals surface area contributed by atoms with E-state index in [1.165, 1.54) is 4.88 Å². The van der Waals surface area contributed by atoms with Crippen molar-refractivity contribution in [3.05, 3.63) is 21.4 Å². The first-order valence-electron chi connectivity index (χ1n) is 7.10. The molecule has 4 nitrogen and oxygen atoms in total. The number of hydrogen-bond donors (Lipinski definition) is 2. The van der Waals surface area contributed by atoms with E-state index in [9.17, 15) is 9.90 Å². The highest BCUT2D eigenvalue weighted by molar-refractivity contribution is 7.14. The molecular weight excluding hydrogens is 274 g/mol. The fraction of sp³-hybridized carbons (Fsp3) is 0.667. The molecule has 5 heteroatoms.